The molecule has 3 aromatic rings. The summed E-state index contributed by atoms with van der Waals surface area (Å²) in [5.41, 5.74) is 3.74. The van der Waals surface area contributed by atoms with Gasteiger partial charge in [0.15, 0.2) is 0 Å². The lowest BCUT2D eigenvalue weighted by molar-refractivity contribution is -0.113. The molecular formula is C27H32N4O3S. The molecule has 1 aromatic heterocycles. The second kappa shape index (κ2) is 11.0. The van der Waals surface area contributed by atoms with Crippen molar-refractivity contribution in [2.45, 2.75) is 30.4 Å². The Morgan fingerprint density at radius 1 is 1.29 bits per heavy atom. The molecule has 3 heterocycles. The number of hydrogen-bond donors (Lipinski definition) is 3. The van der Waals surface area contributed by atoms with E-state index >= 15 is 0 Å². The molecular weight excluding hydrogens is 460 g/mol. The Morgan fingerprint density at radius 2 is 2.20 bits per heavy atom. The van der Waals surface area contributed by atoms with E-state index in [1.165, 1.54) is 12.0 Å². The van der Waals surface area contributed by atoms with Gasteiger partial charge in [-0.25, -0.2) is 4.98 Å². The Bertz CT molecular complexity index is 1200. The number of para-hydroxylation sites is 1. The highest BCUT2D eigenvalue weighted by Crippen LogP contribution is 2.32. The van der Waals surface area contributed by atoms with Crippen LogP contribution >= 0.6 is 11.8 Å². The minimum absolute atomic E-state index is 0.0653. The van der Waals surface area contributed by atoms with Crippen molar-refractivity contribution in [2.24, 2.45) is 5.92 Å². The number of amides is 1. The second-order valence-corrected chi connectivity index (χ2v) is 10.4. The normalized spacial score (nSPS) is 19.3. The van der Waals surface area contributed by atoms with Crippen LogP contribution in [0.3, 0.4) is 0 Å². The van der Waals surface area contributed by atoms with Gasteiger partial charge in [0.1, 0.15) is 0 Å². The number of nitrogens with one attached hydrogen (secondary N) is 2. The van der Waals surface area contributed by atoms with Crippen molar-refractivity contribution in [3.63, 3.8) is 0 Å². The van der Waals surface area contributed by atoms with E-state index in [1.54, 1.807) is 18.9 Å². The number of carbonyl (C=O) groups is 1. The van der Waals surface area contributed by atoms with Crippen molar-refractivity contribution in [1.82, 2.24) is 15.2 Å². The average Bonchev–Trinajstić information content (AvgIpc) is 2.88. The molecule has 7 nitrogen and oxygen atoms in total. The summed E-state index contributed by atoms with van der Waals surface area (Å²) in [4.78, 5) is 19.8. The van der Waals surface area contributed by atoms with E-state index in [1.807, 2.05) is 30.3 Å². The van der Waals surface area contributed by atoms with Gasteiger partial charge in [-0.05, 0) is 55.6 Å². The lowest BCUT2D eigenvalue weighted by atomic mass is 9.96. The molecule has 184 valence electrons. The molecule has 0 radical (unpaired) electrons. The number of rotatable bonds is 8. The number of pyridine rings is 1. The molecule has 0 spiro atoms. The zero-order valence-corrected chi connectivity index (χ0v) is 20.8. The van der Waals surface area contributed by atoms with Gasteiger partial charge >= 0.3 is 0 Å². The van der Waals surface area contributed by atoms with Gasteiger partial charge in [0, 0.05) is 41.5 Å². The van der Waals surface area contributed by atoms with Crippen molar-refractivity contribution in [2.75, 3.05) is 44.4 Å². The number of methoxy groups -OCH3 is 1. The van der Waals surface area contributed by atoms with Gasteiger partial charge in [-0.2, -0.15) is 0 Å². The molecule has 0 bridgehead atoms. The zero-order valence-electron chi connectivity index (χ0n) is 20.0. The van der Waals surface area contributed by atoms with E-state index < -0.39 is 6.10 Å². The number of aliphatic hydroxyl groups is 1. The van der Waals surface area contributed by atoms with Crippen LogP contribution in [0.2, 0.25) is 0 Å². The third-order valence-corrected chi connectivity index (χ3v) is 7.84. The number of piperidine rings is 1. The fourth-order valence-electron chi connectivity index (χ4n) is 5.02. The number of benzene rings is 2. The van der Waals surface area contributed by atoms with Crippen molar-refractivity contribution in [1.29, 1.82) is 0 Å². The fourth-order valence-corrected chi connectivity index (χ4v) is 5.81. The predicted molar refractivity (Wildman–Crippen MR) is 140 cm³/mol. The molecule has 1 amide bonds. The quantitative estimate of drug-likeness (QED) is 0.441. The van der Waals surface area contributed by atoms with Crippen molar-refractivity contribution >= 4 is 34.3 Å². The number of hydrogen-bond acceptors (Lipinski definition) is 7. The highest BCUT2D eigenvalue weighted by atomic mass is 32.2. The number of ether oxygens (including phenoxy) is 1. The van der Waals surface area contributed by atoms with E-state index in [2.05, 4.69) is 38.7 Å². The first-order chi connectivity index (χ1) is 17.1. The molecule has 1 saturated heterocycles. The van der Waals surface area contributed by atoms with Crippen LogP contribution in [0.4, 0.5) is 5.69 Å². The van der Waals surface area contributed by atoms with Crippen LogP contribution < -0.4 is 15.4 Å². The summed E-state index contributed by atoms with van der Waals surface area (Å²) < 4.78 is 5.29. The Morgan fingerprint density at radius 3 is 3.09 bits per heavy atom. The van der Waals surface area contributed by atoms with E-state index in [-0.39, 0.29) is 5.91 Å². The predicted octanol–water partition coefficient (Wildman–Crippen LogP) is 3.82. The summed E-state index contributed by atoms with van der Waals surface area (Å²) >= 11 is 1.59. The first-order valence-electron chi connectivity index (χ1n) is 12.2. The SMILES string of the molecule is COc1ccc2cccc(C(O)CN3CCCC(CNCc4ccc5c(c4)NC(=O)CS5)C3)c2n1. The van der Waals surface area contributed by atoms with Gasteiger partial charge in [-0.1, -0.05) is 24.3 Å². The molecule has 2 aliphatic heterocycles. The van der Waals surface area contributed by atoms with E-state index in [0.717, 1.165) is 59.6 Å². The fraction of sp³-hybridized carbons (Fsp3) is 0.407. The van der Waals surface area contributed by atoms with Crippen molar-refractivity contribution in [3.05, 3.63) is 59.7 Å². The van der Waals surface area contributed by atoms with E-state index in [9.17, 15) is 9.90 Å². The van der Waals surface area contributed by atoms with Crippen LogP contribution in [0.25, 0.3) is 10.9 Å². The lowest BCUT2D eigenvalue weighted by Crippen LogP contribution is -2.41. The van der Waals surface area contributed by atoms with Crippen LogP contribution in [0, 0.1) is 5.92 Å². The second-order valence-electron chi connectivity index (χ2n) is 9.35. The third kappa shape index (κ3) is 5.78. The van der Waals surface area contributed by atoms with Crippen LogP contribution in [0.15, 0.2) is 53.4 Å². The number of anilines is 1. The number of β-amino-alcohol motifs (C(OH)–C–C–N with tert-alkyl or cyclic N) is 1. The molecule has 0 saturated carbocycles. The van der Waals surface area contributed by atoms with Crippen molar-refractivity contribution in [3.8, 4) is 5.88 Å². The summed E-state index contributed by atoms with van der Waals surface area (Å²) in [6.07, 6.45) is 1.71. The maximum Gasteiger partial charge on any atom is 0.234 e. The molecule has 5 rings (SSSR count). The van der Waals surface area contributed by atoms with E-state index in [4.69, 9.17) is 4.74 Å². The maximum absolute atomic E-state index is 11.7. The molecule has 2 aliphatic rings. The Kier molecular flexibility index (Phi) is 7.53. The van der Waals surface area contributed by atoms with Gasteiger partial charge < -0.3 is 25.4 Å². The van der Waals surface area contributed by atoms with E-state index in [0.29, 0.717) is 24.1 Å². The maximum atomic E-state index is 11.7. The summed E-state index contributed by atoms with van der Waals surface area (Å²) in [7, 11) is 1.61. The van der Waals surface area contributed by atoms with Gasteiger partial charge in [-0.3, -0.25) is 4.79 Å². The third-order valence-electron chi connectivity index (χ3n) is 6.77. The van der Waals surface area contributed by atoms with Crippen molar-refractivity contribution < 1.29 is 14.6 Å². The molecule has 2 atom stereocenters. The number of thioether (sulfide) groups is 1. The highest BCUT2D eigenvalue weighted by molar-refractivity contribution is 8.00. The molecule has 0 aliphatic carbocycles. The number of aromatic nitrogens is 1. The lowest BCUT2D eigenvalue weighted by Gasteiger charge is -2.34. The highest BCUT2D eigenvalue weighted by Gasteiger charge is 2.23. The minimum Gasteiger partial charge on any atom is -0.481 e. The van der Waals surface area contributed by atoms with Gasteiger partial charge in [0.2, 0.25) is 11.8 Å². The number of fused-ring (bicyclic) bond motifs is 2. The Balaban J connectivity index is 1.15. The topological polar surface area (TPSA) is 86.7 Å². The number of nitrogens with zero attached hydrogens (tertiary/aromatic N) is 2. The minimum atomic E-state index is -0.603. The standard InChI is InChI=1S/C27H32N4O3S/c1-34-26-10-8-20-5-2-6-21(27(20)30-26)23(32)16-31-11-3-4-19(15-31)14-28-13-18-7-9-24-22(12-18)29-25(33)17-35-24/h2,5-10,12,19,23,28,32H,3-4,11,13-17H2,1H3,(H,29,33). The zero-order chi connectivity index (χ0) is 24.2. The molecule has 1 fully saturated rings. The summed E-state index contributed by atoms with van der Waals surface area (Å²) in [6.45, 7) is 4.25. The van der Waals surface area contributed by atoms with Gasteiger partial charge in [-0.15, -0.1) is 11.8 Å². The largest absolute Gasteiger partial charge is 0.481 e. The van der Waals surface area contributed by atoms with Gasteiger partial charge in [0.05, 0.1) is 30.2 Å². The molecule has 3 N–H and O–H groups in total. The summed E-state index contributed by atoms with van der Waals surface area (Å²) in [5.74, 6) is 1.65. The first-order valence-corrected chi connectivity index (χ1v) is 13.2. The molecule has 2 unspecified atom stereocenters. The van der Waals surface area contributed by atoms with Gasteiger partial charge in [0.25, 0.3) is 0 Å². The summed E-state index contributed by atoms with van der Waals surface area (Å²) in [5, 5.41) is 18.7. The Labute approximate surface area is 210 Å². The number of carbonyl (C=O) groups excluding carboxylic acids is 1. The molecule has 35 heavy (non-hydrogen) atoms. The average molecular weight is 493 g/mol. The molecule has 2 aromatic carbocycles. The van der Waals surface area contributed by atoms with Crippen LogP contribution in [-0.4, -0.2) is 59.9 Å². The number of aliphatic hydroxyl groups excluding tert-OH is 1. The van der Waals surface area contributed by atoms with Crippen LogP contribution in [-0.2, 0) is 11.3 Å². The smallest absolute Gasteiger partial charge is 0.234 e. The van der Waals surface area contributed by atoms with Crippen LogP contribution in [0.5, 0.6) is 5.88 Å². The summed E-state index contributed by atoms with van der Waals surface area (Å²) in [6, 6.07) is 16.1. The Hall–Kier alpha value is -2.65. The van der Waals surface area contributed by atoms with Crippen LogP contribution in [0.1, 0.15) is 30.1 Å². The number of likely N-dealkylation sites (tertiary alicyclic amines) is 1. The monoisotopic (exact) mass is 492 g/mol. The first kappa shape index (κ1) is 24.1. The molecule has 8 heteroatoms.